The summed E-state index contributed by atoms with van der Waals surface area (Å²) < 4.78 is 0. The van der Waals surface area contributed by atoms with Gasteiger partial charge in [-0.2, -0.15) is 10.5 Å². The molecule has 0 heterocycles. The summed E-state index contributed by atoms with van der Waals surface area (Å²) in [6, 6.07) is 15.6. The normalized spacial score (nSPS) is 11.2. The van der Waals surface area contributed by atoms with E-state index >= 15 is 0 Å². The van der Waals surface area contributed by atoms with Crippen molar-refractivity contribution >= 4 is 0 Å². The maximum atomic E-state index is 8.86. The van der Waals surface area contributed by atoms with E-state index in [4.69, 9.17) is 10.5 Å². The lowest BCUT2D eigenvalue weighted by molar-refractivity contribution is 1.45. The van der Waals surface area contributed by atoms with Crippen LogP contribution in [0, 0.1) is 29.1 Å². The lowest BCUT2D eigenvalue weighted by atomic mass is 10.0. The van der Waals surface area contributed by atoms with E-state index in [1.165, 1.54) is 0 Å². The minimum Gasteiger partial charge on any atom is -0.192 e. The van der Waals surface area contributed by atoms with Crippen molar-refractivity contribution in [1.29, 1.82) is 10.5 Å². The van der Waals surface area contributed by atoms with Gasteiger partial charge >= 0.3 is 0 Å². The molecule has 2 heteroatoms. The van der Waals surface area contributed by atoms with E-state index in [9.17, 15) is 0 Å². The van der Waals surface area contributed by atoms with Crippen LogP contribution in [-0.2, 0) is 0 Å². The van der Waals surface area contributed by atoms with Crippen LogP contribution in [0.1, 0.15) is 22.3 Å². The SMILES string of the molecule is N#Cc1ccc2c(c1)[CH]c1cc(C#N)ccc1-2. The molecule has 2 nitrogen and oxygen atoms in total. The molecule has 0 saturated carbocycles. The average molecular weight is 215 g/mol. The summed E-state index contributed by atoms with van der Waals surface area (Å²) in [5.41, 5.74) is 5.68. The van der Waals surface area contributed by atoms with Gasteiger partial charge in [-0.1, -0.05) is 12.1 Å². The van der Waals surface area contributed by atoms with E-state index in [-0.39, 0.29) is 0 Å². The molecule has 1 aliphatic carbocycles. The van der Waals surface area contributed by atoms with E-state index in [0.717, 1.165) is 22.3 Å². The summed E-state index contributed by atoms with van der Waals surface area (Å²) in [5.74, 6) is 0. The number of hydrogen-bond donors (Lipinski definition) is 0. The van der Waals surface area contributed by atoms with Gasteiger partial charge in [0, 0.05) is 6.42 Å². The zero-order valence-electron chi connectivity index (χ0n) is 8.94. The van der Waals surface area contributed by atoms with Gasteiger partial charge in [-0.15, -0.1) is 0 Å². The number of nitriles is 2. The van der Waals surface area contributed by atoms with Crippen molar-refractivity contribution in [3.63, 3.8) is 0 Å². The fourth-order valence-electron chi connectivity index (χ4n) is 2.16. The van der Waals surface area contributed by atoms with Crippen LogP contribution in [0.25, 0.3) is 11.1 Å². The molecule has 0 bridgehead atoms. The monoisotopic (exact) mass is 215 g/mol. The third kappa shape index (κ3) is 1.40. The predicted molar refractivity (Wildman–Crippen MR) is 63.8 cm³/mol. The Balaban J connectivity index is 2.18. The highest BCUT2D eigenvalue weighted by atomic mass is 14.3. The van der Waals surface area contributed by atoms with E-state index in [1.807, 2.05) is 42.8 Å². The van der Waals surface area contributed by atoms with Crippen molar-refractivity contribution in [3.8, 4) is 23.3 Å². The Kier molecular flexibility index (Phi) is 1.97. The first kappa shape index (κ1) is 9.63. The smallest absolute Gasteiger partial charge is 0.0991 e. The second-order valence-corrected chi connectivity index (χ2v) is 3.97. The molecule has 0 fully saturated rings. The van der Waals surface area contributed by atoms with Gasteiger partial charge in [0.2, 0.25) is 0 Å². The maximum Gasteiger partial charge on any atom is 0.0991 e. The minimum absolute atomic E-state index is 0.660. The Morgan fingerprint density at radius 3 is 1.59 bits per heavy atom. The molecular weight excluding hydrogens is 208 g/mol. The molecule has 0 amide bonds. The van der Waals surface area contributed by atoms with Crippen LogP contribution < -0.4 is 0 Å². The molecular formula is C15H7N2. The summed E-state index contributed by atoms with van der Waals surface area (Å²) in [6.45, 7) is 0. The lowest BCUT2D eigenvalue weighted by Crippen LogP contribution is -1.80. The predicted octanol–water partition coefficient (Wildman–Crippen LogP) is 3.01. The molecule has 2 aromatic carbocycles. The first-order valence-electron chi connectivity index (χ1n) is 5.25. The Bertz CT molecular complexity index is 638. The molecule has 17 heavy (non-hydrogen) atoms. The number of hydrogen-bond acceptors (Lipinski definition) is 2. The van der Waals surface area contributed by atoms with Crippen LogP contribution in [0.5, 0.6) is 0 Å². The fraction of sp³-hybridized carbons (Fsp3) is 0. The van der Waals surface area contributed by atoms with Gasteiger partial charge in [0.1, 0.15) is 0 Å². The standard InChI is InChI=1S/C15H7N2/c16-8-10-1-3-14-12(5-10)7-13-6-11(9-17)2-4-15(13)14/h1-7H. The van der Waals surface area contributed by atoms with Crippen LogP contribution in [0.15, 0.2) is 36.4 Å². The van der Waals surface area contributed by atoms with Crippen LogP contribution >= 0.6 is 0 Å². The third-order valence-corrected chi connectivity index (χ3v) is 2.96. The third-order valence-electron chi connectivity index (χ3n) is 2.96. The Morgan fingerprint density at radius 2 is 1.18 bits per heavy atom. The first-order chi connectivity index (χ1) is 8.31. The van der Waals surface area contributed by atoms with Crippen molar-refractivity contribution in [1.82, 2.24) is 0 Å². The van der Waals surface area contributed by atoms with Gasteiger partial charge in [0.15, 0.2) is 0 Å². The fourth-order valence-corrected chi connectivity index (χ4v) is 2.16. The molecule has 1 aliphatic rings. The molecule has 0 atom stereocenters. The summed E-state index contributed by atoms with van der Waals surface area (Å²) in [6.07, 6.45) is 2.02. The highest BCUT2D eigenvalue weighted by molar-refractivity contribution is 5.82. The Hall–Kier alpha value is -2.58. The number of nitrogens with zero attached hydrogens (tertiary/aromatic N) is 2. The van der Waals surface area contributed by atoms with Crippen molar-refractivity contribution in [3.05, 3.63) is 65.1 Å². The second kappa shape index (κ2) is 3.47. The van der Waals surface area contributed by atoms with E-state index < -0.39 is 0 Å². The van der Waals surface area contributed by atoms with Gasteiger partial charge < -0.3 is 0 Å². The van der Waals surface area contributed by atoms with Crippen LogP contribution in [0.2, 0.25) is 0 Å². The summed E-state index contributed by atoms with van der Waals surface area (Å²) >= 11 is 0. The molecule has 3 rings (SSSR count). The zero-order chi connectivity index (χ0) is 11.8. The zero-order valence-corrected chi connectivity index (χ0v) is 8.94. The van der Waals surface area contributed by atoms with E-state index in [0.29, 0.717) is 11.1 Å². The van der Waals surface area contributed by atoms with Gasteiger partial charge in [-0.05, 0) is 46.5 Å². The molecule has 0 aromatic heterocycles. The molecule has 0 aliphatic heterocycles. The van der Waals surface area contributed by atoms with Crippen molar-refractivity contribution in [2.24, 2.45) is 0 Å². The highest BCUT2D eigenvalue weighted by Crippen LogP contribution is 2.38. The van der Waals surface area contributed by atoms with Gasteiger partial charge in [-0.3, -0.25) is 0 Å². The number of fused-ring (bicyclic) bond motifs is 3. The molecule has 1 radical (unpaired) electrons. The highest BCUT2D eigenvalue weighted by Gasteiger charge is 2.19. The van der Waals surface area contributed by atoms with E-state index in [2.05, 4.69) is 12.1 Å². The summed E-state index contributed by atoms with van der Waals surface area (Å²) in [5, 5.41) is 17.7. The maximum absolute atomic E-state index is 8.86. The number of rotatable bonds is 0. The lowest BCUT2D eigenvalue weighted by Gasteiger charge is -2.00. The van der Waals surface area contributed by atoms with Crippen molar-refractivity contribution in [2.45, 2.75) is 0 Å². The summed E-state index contributed by atoms with van der Waals surface area (Å²) in [7, 11) is 0. The largest absolute Gasteiger partial charge is 0.192 e. The molecule has 0 spiro atoms. The number of benzene rings is 2. The molecule has 0 unspecified atom stereocenters. The van der Waals surface area contributed by atoms with Crippen LogP contribution in [0.3, 0.4) is 0 Å². The molecule has 0 N–H and O–H groups in total. The minimum atomic E-state index is 0.660. The Morgan fingerprint density at radius 1 is 0.706 bits per heavy atom. The first-order valence-corrected chi connectivity index (χ1v) is 5.25. The topological polar surface area (TPSA) is 47.6 Å². The second-order valence-electron chi connectivity index (χ2n) is 3.97. The quantitative estimate of drug-likeness (QED) is 0.578. The Labute approximate surface area is 99.4 Å². The molecule has 0 saturated heterocycles. The van der Waals surface area contributed by atoms with Crippen LogP contribution in [0.4, 0.5) is 0 Å². The summed E-state index contributed by atoms with van der Waals surface area (Å²) in [4.78, 5) is 0. The van der Waals surface area contributed by atoms with Gasteiger partial charge in [0.05, 0.1) is 23.3 Å². The van der Waals surface area contributed by atoms with Gasteiger partial charge in [0.25, 0.3) is 0 Å². The average Bonchev–Trinajstić information content (AvgIpc) is 2.74. The van der Waals surface area contributed by atoms with E-state index in [1.54, 1.807) is 0 Å². The molecule has 77 valence electrons. The van der Waals surface area contributed by atoms with Crippen LogP contribution in [-0.4, -0.2) is 0 Å². The van der Waals surface area contributed by atoms with Crippen molar-refractivity contribution in [2.75, 3.05) is 0 Å². The van der Waals surface area contributed by atoms with Gasteiger partial charge in [-0.25, -0.2) is 0 Å². The molecule has 2 aromatic rings. The van der Waals surface area contributed by atoms with Crippen molar-refractivity contribution < 1.29 is 0 Å².